The molecule has 0 spiro atoms. The summed E-state index contributed by atoms with van der Waals surface area (Å²) in [7, 11) is 0. The van der Waals surface area contributed by atoms with Gasteiger partial charge in [-0.05, 0) is 54.4 Å². The smallest absolute Gasteiger partial charge is 0.336 e. The van der Waals surface area contributed by atoms with Crippen LogP contribution in [0.3, 0.4) is 0 Å². The van der Waals surface area contributed by atoms with E-state index in [1.807, 2.05) is 0 Å². The highest BCUT2D eigenvalue weighted by Gasteiger charge is 2.19. The highest BCUT2D eigenvalue weighted by molar-refractivity contribution is 6.11. The molecule has 5 N–H and O–H groups in total. The second-order valence-electron chi connectivity index (χ2n) is 6.61. The zero-order valence-corrected chi connectivity index (χ0v) is 16.1. The number of carboxylic acid groups (broad SMARTS) is 1. The highest BCUT2D eigenvalue weighted by Crippen LogP contribution is 2.29. The number of rotatable bonds is 6. The number of amidine groups is 1. The van der Waals surface area contributed by atoms with Gasteiger partial charge in [-0.25, -0.2) is 4.79 Å². The first kappa shape index (κ1) is 20.5. The molecular formula is C23H19N3O4. The molecule has 0 bridgehead atoms. The maximum atomic E-state index is 12.9. The number of ketones is 1. The van der Waals surface area contributed by atoms with Gasteiger partial charge in [0.25, 0.3) is 5.91 Å². The summed E-state index contributed by atoms with van der Waals surface area (Å²) >= 11 is 0. The molecule has 0 fully saturated rings. The van der Waals surface area contributed by atoms with E-state index in [2.05, 4.69) is 5.32 Å². The van der Waals surface area contributed by atoms with Crippen LogP contribution in [0, 0.1) is 5.41 Å². The number of carbonyl (C=O) groups is 3. The van der Waals surface area contributed by atoms with Gasteiger partial charge < -0.3 is 16.2 Å². The Morgan fingerprint density at radius 2 is 1.47 bits per heavy atom. The van der Waals surface area contributed by atoms with Crippen molar-refractivity contribution < 1.29 is 19.5 Å². The quantitative estimate of drug-likeness (QED) is 0.283. The van der Waals surface area contributed by atoms with Gasteiger partial charge in [0, 0.05) is 22.4 Å². The van der Waals surface area contributed by atoms with Gasteiger partial charge in [0.2, 0.25) is 0 Å². The van der Waals surface area contributed by atoms with Crippen molar-refractivity contribution in [1.82, 2.24) is 0 Å². The van der Waals surface area contributed by atoms with E-state index in [1.54, 1.807) is 54.6 Å². The summed E-state index contributed by atoms with van der Waals surface area (Å²) in [5.74, 6) is -1.94. The predicted molar refractivity (Wildman–Crippen MR) is 114 cm³/mol. The first-order valence-electron chi connectivity index (χ1n) is 9.01. The molecule has 7 heteroatoms. The SMILES string of the molecule is CC(=O)c1ccc(-c2ccccc2C(=O)Nc2ccc(C(=N)N)cc2)c(C(=O)O)c1. The van der Waals surface area contributed by atoms with Gasteiger partial charge in [0.05, 0.1) is 5.56 Å². The van der Waals surface area contributed by atoms with Crippen molar-refractivity contribution >= 4 is 29.2 Å². The van der Waals surface area contributed by atoms with Gasteiger partial charge in [-0.3, -0.25) is 15.0 Å². The van der Waals surface area contributed by atoms with Crippen molar-refractivity contribution in [2.45, 2.75) is 6.92 Å². The minimum Gasteiger partial charge on any atom is -0.478 e. The number of aromatic carboxylic acids is 1. The molecule has 3 aromatic carbocycles. The minimum absolute atomic E-state index is 0.0613. The van der Waals surface area contributed by atoms with Crippen LogP contribution in [0.25, 0.3) is 11.1 Å². The van der Waals surface area contributed by atoms with E-state index in [1.165, 1.54) is 19.1 Å². The fourth-order valence-electron chi connectivity index (χ4n) is 3.02. The second-order valence-corrected chi connectivity index (χ2v) is 6.61. The maximum Gasteiger partial charge on any atom is 0.336 e. The highest BCUT2D eigenvalue weighted by atomic mass is 16.4. The van der Waals surface area contributed by atoms with E-state index >= 15 is 0 Å². The fraction of sp³-hybridized carbons (Fsp3) is 0.0435. The normalized spacial score (nSPS) is 10.3. The van der Waals surface area contributed by atoms with Crippen molar-refractivity contribution in [3.63, 3.8) is 0 Å². The fourth-order valence-corrected chi connectivity index (χ4v) is 3.02. The molecule has 150 valence electrons. The molecule has 0 heterocycles. The van der Waals surface area contributed by atoms with E-state index in [0.717, 1.165) is 0 Å². The van der Waals surface area contributed by atoms with Crippen LogP contribution in [0.1, 0.15) is 43.6 Å². The van der Waals surface area contributed by atoms with Gasteiger partial charge in [-0.15, -0.1) is 0 Å². The third kappa shape index (κ3) is 4.25. The lowest BCUT2D eigenvalue weighted by Gasteiger charge is -2.13. The predicted octanol–water partition coefficient (Wildman–Crippen LogP) is 3.79. The number of benzene rings is 3. The third-order valence-electron chi connectivity index (χ3n) is 4.57. The van der Waals surface area contributed by atoms with Gasteiger partial charge in [0.15, 0.2) is 5.78 Å². The summed E-state index contributed by atoms with van der Waals surface area (Å²) in [5, 5.41) is 19.8. The first-order valence-corrected chi connectivity index (χ1v) is 9.01. The second kappa shape index (κ2) is 8.40. The van der Waals surface area contributed by atoms with Crippen molar-refractivity contribution in [3.05, 3.63) is 89.0 Å². The van der Waals surface area contributed by atoms with Crippen LogP contribution in [-0.4, -0.2) is 28.6 Å². The summed E-state index contributed by atoms with van der Waals surface area (Å²) in [5.41, 5.74) is 7.75. The number of hydrogen-bond acceptors (Lipinski definition) is 4. The van der Waals surface area contributed by atoms with Crippen LogP contribution in [0.15, 0.2) is 66.7 Å². The van der Waals surface area contributed by atoms with Gasteiger partial charge in [0.1, 0.15) is 5.84 Å². The summed E-state index contributed by atoms with van der Waals surface area (Å²) in [6.45, 7) is 1.36. The molecule has 0 aliphatic carbocycles. The van der Waals surface area contributed by atoms with E-state index in [0.29, 0.717) is 22.4 Å². The Kier molecular flexibility index (Phi) is 5.73. The Balaban J connectivity index is 2.00. The van der Waals surface area contributed by atoms with Crippen molar-refractivity contribution in [2.75, 3.05) is 5.32 Å². The number of nitrogen functional groups attached to an aromatic ring is 1. The number of nitrogens with two attached hydrogens (primary N) is 1. The molecular weight excluding hydrogens is 382 g/mol. The lowest BCUT2D eigenvalue weighted by Crippen LogP contribution is -2.15. The van der Waals surface area contributed by atoms with Gasteiger partial charge in [-0.2, -0.15) is 0 Å². The number of hydrogen-bond donors (Lipinski definition) is 4. The zero-order valence-electron chi connectivity index (χ0n) is 16.1. The molecule has 3 aromatic rings. The molecule has 0 saturated carbocycles. The lowest BCUT2D eigenvalue weighted by atomic mass is 9.93. The monoisotopic (exact) mass is 401 g/mol. The Bertz CT molecular complexity index is 1170. The standard InChI is InChI=1S/C23H19N3O4/c1-13(27)15-8-11-18(20(12-15)23(29)30)17-4-2-3-5-19(17)22(28)26-16-9-6-14(7-10-16)21(24)25/h2-12H,1H3,(H3,24,25)(H,26,28)(H,29,30). The Labute approximate surface area is 172 Å². The summed E-state index contributed by atoms with van der Waals surface area (Å²) in [6.07, 6.45) is 0. The molecule has 0 aliphatic heterocycles. The van der Waals surface area contributed by atoms with Crippen LogP contribution < -0.4 is 11.1 Å². The Morgan fingerprint density at radius 1 is 0.867 bits per heavy atom. The number of Topliss-reactive ketones (excluding diaryl/α,β-unsaturated/α-hetero) is 1. The molecule has 30 heavy (non-hydrogen) atoms. The topological polar surface area (TPSA) is 133 Å². The van der Waals surface area contributed by atoms with Crippen LogP contribution in [-0.2, 0) is 0 Å². The van der Waals surface area contributed by atoms with E-state index in [4.69, 9.17) is 11.1 Å². The van der Waals surface area contributed by atoms with E-state index in [9.17, 15) is 19.5 Å². The average Bonchev–Trinajstić information content (AvgIpc) is 2.73. The molecule has 0 atom stereocenters. The first-order chi connectivity index (χ1) is 14.3. The molecule has 0 radical (unpaired) electrons. The van der Waals surface area contributed by atoms with Crippen LogP contribution in [0.4, 0.5) is 5.69 Å². The average molecular weight is 401 g/mol. The van der Waals surface area contributed by atoms with Crippen molar-refractivity contribution in [3.8, 4) is 11.1 Å². The van der Waals surface area contributed by atoms with Crippen LogP contribution in [0.5, 0.6) is 0 Å². The summed E-state index contributed by atoms with van der Waals surface area (Å²) in [6, 6.07) is 17.5. The molecule has 0 aliphatic rings. The zero-order chi connectivity index (χ0) is 21.8. The number of carboxylic acids is 1. The molecule has 0 unspecified atom stereocenters. The number of amides is 1. The maximum absolute atomic E-state index is 12.9. The lowest BCUT2D eigenvalue weighted by molar-refractivity contribution is 0.0697. The number of anilines is 1. The molecule has 7 nitrogen and oxygen atoms in total. The van der Waals surface area contributed by atoms with E-state index < -0.39 is 11.9 Å². The largest absolute Gasteiger partial charge is 0.478 e. The van der Waals surface area contributed by atoms with Gasteiger partial charge >= 0.3 is 5.97 Å². The molecule has 1 amide bonds. The number of carbonyl (C=O) groups excluding carboxylic acids is 2. The third-order valence-corrected chi connectivity index (χ3v) is 4.57. The summed E-state index contributed by atoms with van der Waals surface area (Å²) in [4.78, 5) is 36.3. The summed E-state index contributed by atoms with van der Waals surface area (Å²) < 4.78 is 0. The van der Waals surface area contributed by atoms with Crippen LogP contribution >= 0.6 is 0 Å². The van der Waals surface area contributed by atoms with Gasteiger partial charge in [-0.1, -0.05) is 30.3 Å². The number of nitrogens with one attached hydrogen (secondary N) is 2. The Hall–Kier alpha value is -4.26. The molecule has 3 rings (SSSR count). The minimum atomic E-state index is -1.19. The Morgan fingerprint density at radius 3 is 2.07 bits per heavy atom. The van der Waals surface area contributed by atoms with E-state index in [-0.39, 0.29) is 28.3 Å². The van der Waals surface area contributed by atoms with Crippen LogP contribution in [0.2, 0.25) is 0 Å². The van der Waals surface area contributed by atoms with Crippen molar-refractivity contribution in [1.29, 1.82) is 5.41 Å². The van der Waals surface area contributed by atoms with Crippen molar-refractivity contribution in [2.24, 2.45) is 5.73 Å². The molecule has 0 saturated heterocycles. The molecule has 0 aromatic heterocycles.